The summed E-state index contributed by atoms with van der Waals surface area (Å²) in [5, 5.41) is 3.20. The Labute approximate surface area is 161 Å². The molecule has 5 rings (SSSR count). The quantitative estimate of drug-likeness (QED) is 0.639. The predicted octanol–water partition coefficient (Wildman–Crippen LogP) is 1.90. The lowest BCUT2D eigenvalue weighted by molar-refractivity contribution is 0.100. The van der Waals surface area contributed by atoms with Gasteiger partial charge >= 0.3 is 0 Å². The maximum atomic E-state index is 13.9. The molecule has 0 spiro atoms. The van der Waals surface area contributed by atoms with Crippen LogP contribution in [-0.4, -0.2) is 50.6 Å². The number of H-pyrrole nitrogens is 1. The number of hydrogen-bond donors (Lipinski definition) is 3. The standard InChI is InChI=1S/C20H25FN6O/c1-19(4-6-26(7-5-19)11-20(23)2-3-20)14-10-24-27-16-13(17(22)28)8-12(21)9-15(16)25-18(14)27/h8-10,24H,2-7,11,23H2,1H3,(H2,22,28). The Morgan fingerprint density at radius 3 is 2.64 bits per heavy atom. The fourth-order valence-electron chi connectivity index (χ4n) is 4.55. The highest BCUT2D eigenvalue weighted by Crippen LogP contribution is 2.40. The zero-order valence-corrected chi connectivity index (χ0v) is 16.0. The minimum absolute atomic E-state index is 0.0329. The van der Waals surface area contributed by atoms with Crippen molar-refractivity contribution in [2.75, 3.05) is 19.6 Å². The molecule has 1 aliphatic carbocycles. The Bertz CT molecular complexity index is 1090. The Morgan fingerprint density at radius 1 is 1.29 bits per heavy atom. The van der Waals surface area contributed by atoms with Gasteiger partial charge in [-0.25, -0.2) is 13.9 Å². The van der Waals surface area contributed by atoms with Gasteiger partial charge in [0.05, 0.1) is 11.1 Å². The van der Waals surface area contributed by atoms with Crippen molar-refractivity contribution in [3.05, 3.63) is 35.3 Å². The van der Waals surface area contributed by atoms with Crippen LogP contribution in [0.3, 0.4) is 0 Å². The summed E-state index contributed by atoms with van der Waals surface area (Å²) in [5.41, 5.74) is 14.6. The van der Waals surface area contributed by atoms with Gasteiger partial charge in [-0.15, -0.1) is 0 Å². The summed E-state index contributed by atoms with van der Waals surface area (Å²) in [5.74, 6) is -1.18. The molecule has 1 aliphatic heterocycles. The van der Waals surface area contributed by atoms with Crippen LogP contribution < -0.4 is 11.5 Å². The number of nitrogens with zero attached hydrogens (tertiary/aromatic N) is 3. The van der Waals surface area contributed by atoms with Crippen LogP contribution in [0.15, 0.2) is 18.3 Å². The predicted molar refractivity (Wildman–Crippen MR) is 105 cm³/mol. The van der Waals surface area contributed by atoms with Crippen molar-refractivity contribution in [2.45, 2.75) is 43.6 Å². The highest BCUT2D eigenvalue weighted by Gasteiger charge is 2.42. The molecule has 3 heterocycles. The molecule has 2 aliphatic rings. The summed E-state index contributed by atoms with van der Waals surface area (Å²) in [7, 11) is 0. The minimum Gasteiger partial charge on any atom is -0.366 e. The number of rotatable bonds is 4. The fraction of sp³-hybridized carbons (Fsp3) is 0.500. The van der Waals surface area contributed by atoms with Crippen LogP contribution in [0.5, 0.6) is 0 Å². The maximum absolute atomic E-state index is 13.9. The zero-order valence-electron chi connectivity index (χ0n) is 16.0. The second-order valence-corrected chi connectivity index (χ2v) is 8.84. The van der Waals surface area contributed by atoms with E-state index < -0.39 is 11.7 Å². The number of halogens is 1. The van der Waals surface area contributed by atoms with Crippen LogP contribution in [0.1, 0.15) is 48.5 Å². The molecule has 2 fully saturated rings. The van der Waals surface area contributed by atoms with Crippen LogP contribution >= 0.6 is 0 Å². The van der Waals surface area contributed by atoms with Crippen molar-refractivity contribution in [2.24, 2.45) is 11.5 Å². The number of benzene rings is 1. The van der Waals surface area contributed by atoms with E-state index >= 15 is 0 Å². The smallest absolute Gasteiger partial charge is 0.251 e. The number of hydrogen-bond acceptors (Lipinski definition) is 4. The summed E-state index contributed by atoms with van der Waals surface area (Å²) in [6.07, 6.45) is 6.20. The lowest BCUT2D eigenvalue weighted by Crippen LogP contribution is -2.46. The molecule has 5 N–H and O–H groups in total. The number of carbonyl (C=O) groups is 1. The van der Waals surface area contributed by atoms with Crippen molar-refractivity contribution < 1.29 is 9.18 Å². The van der Waals surface area contributed by atoms with Crippen molar-refractivity contribution in [3.8, 4) is 0 Å². The van der Waals surface area contributed by atoms with Crippen LogP contribution in [-0.2, 0) is 5.41 Å². The van der Waals surface area contributed by atoms with Crippen LogP contribution in [0.25, 0.3) is 16.7 Å². The van der Waals surface area contributed by atoms with E-state index in [0.29, 0.717) is 11.0 Å². The third-order valence-corrected chi connectivity index (χ3v) is 6.60. The number of aromatic amines is 1. The van der Waals surface area contributed by atoms with Gasteiger partial charge in [-0.2, -0.15) is 0 Å². The molecular weight excluding hydrogens is 359 g/mol. The fourth-order valence-corrected chi connectivity index (χ4v) is 4.55. The molecule has 1 aromatic carbocycles. The summed E-state index contributed by atoms with van der Waals surface area (Å²) in [6.45, 7) is 5.21. The van der Waals surface area contributed by atoms with Crippen LogP contribution in [0.2, 0.25) is 0 Å². The number of nitrogens with one attached hydrogen (secondary N) is 1. The first-order chi connectivity index (χ1) is 13.3. The van der Waals surface area contributed by atoms with Crippen molar-refractivity contribution in [1.82, 2.24) is 19.5 Å². The topological polar surface area (TPSA) is 105 Å². The molecule has 1 amide bonds. The minimum atomic E-state index is -0.669. The van der Waals surface area contributed by atoms with Gasteiger partial charge in [0.25, 0.3) is 5.91 Å². The number of aromatic nitrogens is 3. The van der Waals surface area contributed by atoms with Gasteiger partial charge in [0.15, 0.2) is 5.65 Å². The highest BCUT2D eigenvalue weighted by atomic mass is 19.1. The molecule has 3 aromatic rings. The number of nitrogens with two attached hydrogens (primary N) is 2. The Morgan fingerprint density at radius 2 is 2.00 bits per heavy atom. The number of primary amides is 1. The van der Waals surface area contributed by atoms with E-state index in [9.17, 15) is 9.18 Å². The molecule has 0 atom stereocenters. The monoisotopic (exact) mass is 384 g/mol. The number of piperidine rings is 1. The van der Waals surface area contributed by atoms with E-state index in [1.165, 1.54) is 12.1 Å². The summed E-state index contributed by atoms with van der Waals surface area (Å²) < 4.78 is 15.7. The molecule has 1 saturated heterocycles. The Kier molecular flexibility index (Phi) is 3.64. The van der Waals surface area contributed by atoms with Gasteiger partial charge in [-0.05, 0) is 44.8 Å². The molecule has 8 heteroatoms. The van der Waals surface area contributed by atoms with Gasteiger partial charge in [0, 0.05) is 35.3 Å². The number of likely N-dealkylation sites (tertiary alicyclic amines) is 1. The molecule has 2 aromatic heterocycles. The first-order valence-corrected chi connectivity index (χ1v) is 9.79. The second-order valence-electron chi connectivity index (χ2n) is 8.84. The van der Waals surface area contributed by atoms with E-state index in [0.717, 1.165) is 56.5 Å². The number of amides is 1. The molecule has 28 heavy (non-hydrogen) atoms. The third kappa shape index (κ3) is 2.70. The molecule has 0 radical (unpaired) electrons. The largest absolute Gasteiger partial charge is 0.366 e. The van der Waals surface area contributed by atoms with Crippen molar-refractivity contribution >= 4 is 22.6 Å². The van der Waals surface area contributed by atoms with Crippen LogP contribution in [0.4, 0.5) is 4.39 Å². The van der Waals surface area contributed by atoms with E-state index in [1.807, 2.05) is 6.20 Å². The average molecular weight is 384 g/mol. The third-order valence-electron chi connectivity index (χ3n) is 6.60. The number of imidazole rings is 1. The normalized spacial score (nSPS) is 21.4. The SMILES string of the molecule is CC1(c2c[nH]n3c2nc2cc(F)cc(C(N)=O)c23)CCN(CC2(N)CC2)CC1. The molecule has 0 bridgehead atoms. The van der Waals surface area contributed by atoms with Gasteiger partial charge in [0.1, 0.15) is 11.3 Å². The first-order valence-electron chi connectivity index (χ1n) is 9.79. The average Bonchev–Trinajstić information content (AvgIpc) is 3.06. The summed E-state index contributed by atoms with van der Waals surface area (Å²) in [6, 6.07) is 2.51. The molecular formula is C20H25FN6O. The number of carbonyl (C=O) groups excluding carboxylic acids is 1. The first kappa shape index (κ1) is 17.6. The molecule has 0 unspecified atom stereocenters. The highest BCUT2D eigenvalue weighted by molar-refractivity contribution is 6.05. The lowest BCUT2D eigenvalue weighted by atomic mass is 9.75. The maximum Gasteiger partial charge on any atom is 0.251 e. The zero-order chi connectivity index (χ0) is 19.7. The number of fused-ring (bicyclic) bond motifs is 3. The van der Waals surface area contributed by atoms with Crippen molar-refractivity contribution in [1.29, 1.82) is 0 Å². The molecule has 7 nitrogen and oxygen atoms in total. The van der Waals surface area contributed by atoms with E-state index in [-0.39, 0.29) is 16.5 Å². The van der Waals surface area contributed by atoms with E-state index in [1.54, 1.807) is 4.52 Å². The summed E-state index contributed by atoms with van der Waals surface area (Å²) >= 11 is 0. The van der Waals surface area contributed by atoms with E-state index in [2.05, 4.69) is 21.9 Å². The van der Waals surface area contributed by atoms with Crippen molar-refractivity contribution in [3.63, 3.8) is 0 Å². The van der Waals surface area contributed by atoms with Gasteiger partial charge in [-0.3, -0.25) is 9.89 Å². The summed E-state index contributed by atoms with van der Waals surface area (Å²) in [4.78, 5) is 18.9. The Balaban J connectivity index is 1.51. The van der Waals surface area contributed by atoms with Gasteiger partial charge in [-0.1, -0.05) is 6.92 Å². The van der Waals surface area contributed by atoms with E-state index in [4.69, 9.17) is 11.5 Å². The van der Waals surface area contributed by atoms with Crippen LogP contribution in [0, 0.1) is 5.82 Å². The second kappa shape index (κ2) is 5.78. The van der Waals surface area contributed by atoms with Gasteiger partial charge in [0.2, 0.25) is 0 Å². The Hall–Kier alpha value is -2.45. The lowest BCUT2D eigenvalue weighted by Gasteiger charge is -2.40. The molecule has 148 valence electrons. The molecule has 1 saturated carbocycles. The van der Waals surface area contributed by atoms with Gasteiger partial charge < -0.3 is 16.4 Å².